The van der Waals surface area contributed by atoms with E-state index in [-0.39, 0.29) is 29.8 Å². The molecule has 8 heteroatoms. The quantitative estimate of drug-likeness (QED) is 0.247. The standard InChI is InChI=1S/C21H25FN4O2.HI/c1-4-28-19-8-6-16(12-20(19)27-3)26-21(23-2)24-10-9-14-13-25-18-7-5-15(22)11-17(14)18;/h5-8,11-13,25H,4,9-10H2,1-3H3,(H2,23,24,26);1H. The molecule has 3 rings (SSSR count). The van der Waals surface area contributed by atoms with Crippen molar-refractivity contribution >= 4 is 46.5 Å². The van der Waals surface area contributed by atoms with Crippen LogP contribution in [0.25, 0.3) is 10.9 Å². The zero-order valence-corrected chi connectivity index (χ0v) is 19.0. The topological polar surface area (TPSA) is 70.7 Å². The third-order valence-corrected chi connectivity index (χ3v) is 4.37. The molecule has 29 heavy (non-hydrogen) atoms. The maximum atomic E-state index is 13.5. The highest BCUT2D eigenvalue weighted by Crippen LogP contribution is 2.30. The summed E-state index contributed by atoms with van der Waals surface area (Å²) in [6, 6.07) is 10.4. The molecule has 1 aromatic heterocycles. The zero-order chi connectivity index (χ0) is 19.9. The molecule has 0 bridgehead atoms. The third kappa shape index (κ3) is 5.75. The molecule has 156 valence electrons. The van der Waals surface area contributed by atoms with Crippen molar-refractivity contribution in [2.45, 2.75) is 13.3 Å². The lowest BCUT2D eigenvalue weighted by Gasteiger charge is -2.14. The molecular weight excluding hydrogens is 486 g/mol. The Bertz CT molecular complexity index is 974. The van der Waals surface area contributed by atoms with Crippen LogP contribution in [-0.2, 0) is 6.42 Å². The Morgan fingerprint density at radius 1 is 1.17 bits per heavy atom. The fourth-order valence-corrected chi connectivity index (χ4v) is 3.01. The van der Waals surface area contributed by atoms with E-state index in [4.69, 9.17) is 9.47 Å². The lowest BCUT2D eigenvalue weighted by atomic mass is 10.1. The van der Waals surface area contributed by atoms with Crippen LogP contribution >= 0.6 is 24.0 Å². The number of anilines is 1. The van der Waals surface area contributed by atoms with Gasteiger partial charge < -0.3 is 25.1 Å². The molecule has 0 radical (unpaired) electrons. The number of hydrogen-bond acceptors (Lipinski definition) is 3. The molecule has 2 aromatic carbocycles. The smallest absolute Gasteiger partial charge is 0.195 e. The van der Waals surface area contributed by atoms with Gasteiger partial charge in [0.05, 0.1) is 13.7 Å². The molecule has 0 amide bonds. The number of aromatic amines is 1. The van der Waals surface area contributed by atoms with Crippen LogP contribution in [0.15, 0.2) is 47.6 Å². The minimum atomic E-state index is -0.233. The first-order valence-electron chi connectivity index (χ1n) is 9.18. The van der Waals surface area contributed by atoms with Crippen molar-refractivity contribution < 1.29 is 13.9 Å². The van der Waals surface area contributed by atoms with Crippen LogP contribution in [0.3, 0.4) is 0 Å². The van der Waals surface area contributed by atoms with Crippen molar-refractivity contribution in [2.75, 3.05) is 32.6 Å². The highest BCUT2D eigenvalue weighted by Gasteiger charge is 2.08. The number of fused-ring (bicyclic) bond motifs is 1. The van der Waals surface area contributed by atoms with Crippen LogP contribution in [0, 0.1) is 5.82 Å². The summed E-state index contributed by atoms with van der Waals surface area (Å²) in [4.78, 5) is 7.42. The van der Waals surface area contributed by atoms with Crippen molar-refractivity contribution in [2.24, 2.45) is 4.99 Å². The normalized spacial score (nSPS) is 11.1. The van der Waals surface area contributed by atoms with Crippen LogP contribution in [-0.4, -0.2) is 38.3 Å². The lowest BCUT2D eigenvalue weighted by Crippen LogP contribution is -2.32. The van der Waals surface area contributed by atoms with Gasteiger partial charge in [0.2, 0.25) is 0 Å². The number of methoxy groups -OCH3 is 1. The van der Waals surface area contributed by atoms with E-state index in [1.807, 2.05) is 31.3 Å². The molecule has 3 aromatic rings. The highest BCUT2D eigenvalue weighted by atomic mass is 127. The van der Waals surface area contributed by atoms with Crippen LogP contribution in [0.5, 0.6) is 11.5 Å². The number of hydrogen-bond donors (Lipinski definition) is 3. The van der Waals surface area contributed by atoms with Crippen LogP contribution in [0.2, 0.25) is 0 Å². The summed E-state index contributed by atoms with van der Waals surface area (Å²) in [5.41, 5.74) is 2.82. The molecular formula is C21H26FIN4O2. The number of ether oxygens (including phenoxy) is 2. The van der Waals surface area contributed by atoms with Crippen molar-refractivity contribution in [3.05, 3.63) is 54.0 Å². The SMILES string of the molecule is CCOc1ccc(NC(=NC)NCCc2c[nH]c3ccc(F)cc23)cc1OC.I. The first-order valence-corrected chi connectivity index (χ1v) is 9.18. The van der Waals surface area contributed by atoms with Gasteiger partial charge in [-0.15, -0.1) is 24.0 Å². The van der Waals surface area contributed by atoms with Crippen LogP contribution in [0.4, 0.5) is 10.1 Å². The number of benzene rings is 2. The van der Waals surface area contributed by atoms with Gasteiger partial charge in [-0.2, -0.15) is 0 Å². The number of nitrogens with one attached hydrogen (secondary N) is 3. The lowest BCUT2D eigenvalue weighted by molar-refractivity contribution is 0.311. The van der Waals surface area contributed by atoms with E-state index in [1.165, 1.54) is 6.07 Å². The molecule has 0 atom stereocenters. The Labute approximate surface area is 186 Å². The summed E-state index contributed by atoms with van der Waals surface area (Å²) in [6.45, 7) is 3.15. The van der Waals surface area contributed by atoms with E-state index in [1.54, 1.807) is 26.3 Å². The maximum absolute atomic E-state index is 13.5. The van der Waals surface area contributed by atoms with E-state index in [0.717, 1.165) is 28.6 Å². The van der Waals surface area contributed by atoms with Gasteiger partial charge in [0, 0.05) is 42.4 Å². The molecule has 0 fully saturated rings. The van der Waals surface area contributed by atoms with Gasteiger partial charge in [-0.25, -0.2) is 4.39 Å². The second-order valence-electron chi connectivity index (χ2n) is 6.18. The molecule has 0 unspecified atom stereocenters. The third-order valence-electron chi connectivity index (χ3n) is 4.37. The average Bonchev–Trinajstić information content (AvgIpc) is 3.10. The summed E-state index contributed by atoms with van der Waals surface area (Å²) in [5.74, 6) is 1.76. The van der Waals surface area contributed by atoms with E-state index >= 15 is 0 Å². The Morgan fingerprint density at radius 2 is 2.00 bits per heavy atom. The molecule has 3 N–H and O–H groups in total. The van der Waals surface area contributed by atoms with Gasteiger partial charge in [0.15, 0.2) is 17.5 Å². The van der Waals surface area contributed by atoms with Crippen molar-refractivity contribution in [1.82, 2.24) is 10.3 Å². The predicted octanol–water partition coefficient (Wildman–Crippen LogP) is 4.56. The van der Waals surface area contributed by atoms with E-state index in [2.05, 4.69) is 20.6 Å². The number of aliphatic imine (C=N–C) groups is 1. The summed E-state index contributed by atoms with van der Waals surface area (Å²) in [6.07, 6.45) is 2.65. The number of halogens is 2. The van der Waals surface area contributed by atoms with Gasteiger partial charge in [-0.1, -0.05) is 0 Å². The number of nitrogens with zero attached hydrogens (tertiary/aromatic N) is 1. The second-order valence-corrected chi connectivity index (χ2v) is 6.18. The summed E-state index contributed by atoms with van der Waals surface area (Å²) < 4.78 is 24.4. The first kappa shape index (κ1) is 22.8. The van der Waals surface area contributed by atoms with Crippen LogP contribution < -0.4 is 20.1 Å². The minimum Gasteiger partial charge on any atom is -0.493 e. The fraction of sp³-hybridized carbons (Fsp3) is 0.286. The monoisotopic (exact) mass is 512 g/mol. The molecule has 6 nitrogen and oxygen atoms in total. The Kier molecular flexibility index (Phi) is 8.56. The number of H-pyrrole nitrogens is 1. The Hall–Kier alpha value is -2.49. The number of aromatic nitrogens is 1. The Balaban J connectivity index is 0.00000300. The minimum absolute atomic E-state index is 0. The maximum Gasteiger partial charge on any atom is 0.195 e. The van der Waals surface area contributed by atoms with Gasteiger partial charge in [0.25, 0.3) is 0 Å². The number of guanidine groups is 1. The second kappa shape index (κ2) is 10.9. The molecule has 0 aliphatic carbocycles. The molecule has 1 heterocycles. The largest absolute Gasteiger partial charge is 0.493 e. The van der Waals surface area contributed by atoms with Gasteiger partial charge in [-0.3, -0.25) is 4.99 Å². The molecule has 0 spiro atoms. The molecule has 0 aliphatic heterocycles. The van der Waals surface area contributed by atoms with Crippen molar-refractivity contribution in [3.8, 4) is 11.5 Å². The van der Waals surface area contributed by atoms with Gasteiger partial charge >= 0.3 is 0 Å². The summed E-state index contributed by atoms with van der Waals surface area (Å²) >= 11 is 0. The highest BCUT2D eigenvalue weighted by molar-refractivity contribution is 14.0. The van der Waals surface area contributed by atoms with Crippen molar-refractivity contribution in [1.29, 1.82) is 0 Å². The first-order chi connectivity index (χ1) is 13.6. The average molecular weight is 512 g/mol. The molecule has 0 saturated heterocycles. The number of rotatable bonds is 7. The Morgan fingerprint density at radius 3 is 2.72 bits per heavy atom. The summed E-state index contributed by atoms with van der Waals surface area (Å²) in [5, 5.41) is 7.41. The van der Waals surface area contributed by atoms with E-state index in [0.29, 0.717) is 30.6 Å². The van der Waals surface area contributed by atoms with Crippen LogP contribution in [0.1, 0.15) is 12.5 Å². The van der Waals surface area contributed by atoms with Crippen molar-refractivity contribution in [3.63, 3.8) is 0 Å². The summed E-state index contributed by atoms with van der Waals surface area (Å²) in [7, 11) is 3.32. The molecule has 0 saturated carbocycles. The van der Waals surface area contributed by atoms with E-state index in [9.17, 15) is 4.39 Å². The predicted molar refractivity (Wildman–Crippen MR) is 127 cm³/mol. The van der Waals surface area contributed by atoms with Gasteiger partial charge in [-0.05, 0) is 49.2 Å². The zero-order valence-electron chi connectivity index (χ0n) is 16.7. The fourth-order valence-electron chi connectivity index (χ4n) is 3.01. The molecule has 0 aliphatic rings. The van der Waals surface area contributed by atoms with E-state index < -0.39 is 0 Å². The van der Waals surface area contributed by atoms with Gasteiger partial charge in [0.1, 0.15) is 5.82 Å².